The highest BCUT2D eigenvalue weighted by molar-refractivity contribution is 14.1. The maximum absolute atomic E-state index is 13.9. The molecule has 2 nitrogen and oxygen atoms in total. The number of halogens is 10. The van der Waals surface area contributed by atoms with E-state index in [2.05, 4.69) is 4.74 Å². The first-order chi connectivity index (χ1) is 9.12. The van der Waals surface area contributed by atoms with E-state index in [9.17, 15) is 44.3 Å². The number of hydrogen-bond acceptors (Lipinski definition) is 2. The molecule has 0 bridgehead atoms. The van der Waals surface area contributed by atoms with Crippen molar-refractivity contribution in [3.05, 3.63) is 0 Å². The van der Waals surface area contributed by atoms with Crippen LogP contribution in [-0.4, -0.2) is 46.4 Å². The molecule has 0 aromatic heterocycles. The Hall–Kier alpha value is -0.430. The van der Waals surface area contributed by atoms with Gasteiger partial charge in [0.25, 0.3) is 5.67 Å². The van der Waals surface area contributed by atoms with Crippen LogP contribution in [0.5, 0.6) is 0 Å². The average Bonchev–Trinajstić information content (AvgIpc) is 2.39. The summed E-state index contributed by atoms with van der Waals surface area (Å²) in [5.74, 6) is -27.5. The monoisotopic (exact) mass is 444 g/mol. The lowest BCUT2D eigenvalue weighted by atomic mass is 9.91. The SMILES string of the molecule is COC(=O)C(I)CC1(F)C(F)(F)C(F)(F)C(F)(F)C1(F)F. The molecule has 0 amide bonds. The van der Waals surface area contributed by atoms with Gasteiger partial charge in [-0.1, -0.05) is 22.6 Å². The van der Waals surface area contributed by atoms with E-state index in [0.29, 0.717) is 7.11 Å². The molecule has 0 radical (unpaired) electrons. The number of carbonyl (C=O) groups is 1. The predicted octanol–water partition coefficient (Wildman–Crippen LogP) is 3.62. The van der Waals surface area contributed by atoms with Crippen molar-refractivity contribution in [1.29, 1.82) is 0 Å². The summed E-state index contributed by atoms with van der Waals surface area (Å²) in [6, 6.07) is 0. The molecular formula is C9H6F9IO2. The molecule has 1 rings (SSSR count). The molecule has 0 heterocycles. The van der Waals surface area contributed by atoms with Crippen LogP contribution in [0.3, 0.4) is 0 Å². The second kappa shape index (κ2) is 4.78. The van der Waals surface area contributed by atoms with Crippen LogP contribution in [0, 0.1) is 0 Å². The molecule has 0 N–H and O–H groups in total. The Labute approximate surface area is 125 Å². The summed E-state index contributed by atoms with van der Waals surface area (Å²) >= 11 is 0.853. The summed E-state index contributed by atoms with van der Waals surface area (Å²) in [7, 11) is 0.688. The highest BCUT2D eigenvalue weighted by atomic mass is 127. The van der Waals surface area contributed by atoms with Gasteiger partial charge in [-0.3, -0.25) is 4.79 Å². The quantitative estimate of drug-likeness (QED) is 0.288. The van der Waals surface area contributed by atoms with E-state index in [1.807, 2.05) is 0 Å². The molecule has 0 aromatic carbocycles. The fourth-order valence-electron chi connectivity index (χ4n) is 1.80. The molecule has 0 spiro atoms. The van der Waals surface area contributed by atoms with Crippen LogP contribution in [0.4, 0.5) is 39.5 Å². The van der Waals surface area contributed by atoms with E-state index in [1.165, 1.54) is 0 Å². The fourth-order valence-corrected chi connectivity index (χ4v) is 2.66. The summed E-state index contributed by atoms with van der Waals surface area (Å²) in [6.45, 7) is 0. The zero-order chi connectivity index (χ0) is 17.1. The Morgan fingerprint density at radius 1 is 0.905 bits per heavy atom. The van der Waals surface area contributed by atoms with Gasteiger partial charge in [-0.05, 0) is 0 Å². The van der Waals surface area contributed by atoms with Gasteiger partial charge in [-0.25, -0.2) is 4.39 Å². The average molecular weight is 444 g/mol. The maximum Gasteiger partial charge on any atom is 0.381 e. The number of hydrogen-bond donors (Lipinski definition) is 0. The van der Waals surface area contributed by atoms with Crippen molar-refractivity contribution in [1.82, 2.24) is 0 Å². The van der Waals surface area contributed by atoms with Crippen molar-refractivity contribution >= 4 is 28.6 Å². The molecule has 1 atom stereocenters. The number of methoxy groups -OCH3 is 1. The normalized spacial score (nSPS) is 28.9. The zero-order valence-corrected chi connectivity index (χ0v) is 12.0. The highest BCUT2D eigenvalue weighted by Gasteiger charge is 3.00. The van der Waals surface area contributed by atoms with Crippen LogP contribution in [0.1, 0.15) is 6.42 Å². The van der Waals surface area contributed by atoms with E-state index in [1.54, 1.807) is 0 Å². The molecule has 1 unspecified atom stereocenters. The molecule has 21 heavy (non-hydrogen) atoms. The van der Waals surface area contributed by atoms with Crippen LogP contribution < -0.4 is 0 Å². The van der Waals surface area contributed by atoms with E-state index < -0.39 is 45.7 Å². The number of carbonyl (C=O) groups excluding carboxylic acids is 1. The number of rotatable bonds is 3. The van der Waals surface area contributed by atoms with Crippen molar-refractivity contribution in [3.8, 4) is 0 Å². The van der Waals surface area contributed by atoms with Gasteiger partial charge >= 0.3 is 29.7 Å². The Kier molecular flexibility index (Phi) is 4.24. The Morgan fingerprint density at radius 2 is 1.24 bits per heavy atom. The van der Waals surface area contributed by atoms with Gasteiger partial charge < -0.3 is 4.74 Å². The lowest BCUT2D eigenvalue weighted by Crippen LogP contribution is -2.56. The molecule has 1 saturated carbocycles. The van der Waals surface area contributed by atoms with Gasteiger partial charge in [0.2, 0.25) is 0 Å². The Bertz CT molecular complexity index is 424. The van der Waals surface area contributed by atoms with Crippen LogP contribution in [0.2, 0.25) is 0 Å². The molecular weight excluding hydrogens is 438 g/mol. The minimum atomic E-state index is -6.62. The summed E-state index contributed by atoms with van der Waals surface area (Å²) in [5.41, 5.74) is -5.62. The van der Waals surface area contributed by atoms with Crippen molar-refractivity contribution in [2.45, 2.75) is 39.7 Å². The van der Waals surface area contributed by atoms with Crippen molar-refractivity contribution in [2.75, 3.05) is 7.11 Å². The summed E-state index contributed by atoms with van der Waals surface area (Å²) in [4.78, 5) is 10.9. The third kappa shape index (κ3) is 1.96. The van der Waals surface area contributed by atoms with Gasteiger partial charge in [0.1, 0.15) is 3.92 Å². The molecule has 124 valence electrons. The number of alkyl halides is 10. The van der Waals surface area contributed by atoms with Crippen LogP contribution in [0.15, 0.2) is 0 Å². The van der Waals surface area contributed by atoms with Gasteiger partial charge in [-0.2, -0.15) is 35.1 Å². The smallest absolute Gasteiger partial charge is 0.381 e. The van der Waals surface area contributed by atoms with Crippen molar-refractivity contribution in [3.63, 3.8) is 0 Å². The fraction of sp³-hybridized carbons (Fsp3) is 0.889. The third-order valence-corrected chi connectivity index (χ3v) is 4.04. The Balaban J connectivity index is 3.42. The highest BCUT2D eigenvalue weighted by Crippen LogP contribution is 2.70. The van der Waals surface area contributed by atoms with Crippen LogP contribution >= 0.6 is 22.6 Å². The van der Waals surface area contributed by atoms with Crippen LogP contribution in [0.25, 0.3) is 0 Å². The molecule has 1 fully saturated rings. The second-order valence-electron chi connectivity index (χ2n) is 4.29. The summed E-state index contributed by atoms with van der Waals surface area (Å²) in [6.07, 6.45) is -2.27. The van der Waals surface area contributed by atoms with E-state index in [0.717, 1.165) is 22.6 Å². The van der Waals surface area contributed by atoms with E-state index in [4.69, 9.17) is 0 Å². The van der Waals surface area contributed by atoms with Gasteiger partial charge in [0.05, 0.1) is 7.11 Å². The van der Waals surface area contributed by atoms with E-state index >= 15 is 0 Å². The topological polar surface area (TPSA) is 26.3 Å². The number of esters is 1. The molecule has 12 heteroatoms. The zero-order valence-electron chi connectivity index (χ0n) is 9.88. The van der Waals surface area contributed by atoms with Crippen molar-refractivity contribution < 1.29 is 49.0 Å². The molecule has 0 aliphatic heterocycles. The first-order valence-corrected chi connectivity index (χ1v) is 6.28. The third-order valence-electron chi connectivity index (χ3n) is 3.10. The summed E-state index contributed by atoms with van der Waals surface area (Å²) in [5, 5.41) is 0. The molecule has 0 saturated heterocycles. The molecule has 1 aliphatic carbocycles. The minimum absolute atomic E-state index is 0.688. The lowest BCUT2D eigenvalue weighted by molar-refractivity contribution is -0.303. The standard InChI is InChI=1S/C9H6F9IO2/c1-21-4(20)3(19)2-5(10)6(11,12)8(15,16)9(17,18)7(5,13)14/h3H,2H2,1H3. The van der Waals surface area contributed by atoms with Gasteiger partial charge in [0.15, 0.2) is 0 Å². The maximum atomic E-state index is 13.9. The molecule has 1 aliphatic rings. The predicted molar refractivity (Wildman–Crippen MR) is 58.1 cm³/mol. The van der Waals surface area contributed by atoms with Gasteiger partial charge in [-0.15, -0.1) is 0 Å². The first kappa shape index (κ1) is 18.6. The van der Waals surface area contributed by atoms with Crippen LogP contribution in [-0.2, 0) is 9.53 Å². The van der Waals surface area contributed by atoms with Crippen molar-refractivity contribution in [2.24, 2.45) is 0 Å². The first-order valence-electron chi connectivity index (χ1n) is 5.04. The lowest BCUT2D eigenvalue weighted by Gasteiger charge is -2.31. The largest absolute Gasteiger partial charge is 0.468 e. The number of ether oxygens (including phenoxy) is 1. The molecule has 0 aromatic rings. The van der Waals surface area contributed by atoms with Gasteiger partial charge in [0, 0.05) is 6.42 Å². The second-order valence-corrected chi connectivity index (χ2v) is 5.80. The minimum Gasteiger partial charge on any atom is -0.468 e. The Morgan fingerprint density at radius 3 is 1.52 bits per heavy atom. The summed E-state index contributed by atoms with van der Waals surface area (Å²) < 4.78 is 120. The van der Waals surface area contributed by atoms with E-state index in [-0.39, 0.29) is 0 Å².